The molecule has 1 aliphatic rings. The van der Waals surface area contributed by atoms with Gasteiger partial charge in [0.05, 0.1) is 0 Å². The van der Waals surface area contributed by atoms with Crippen molar-refractivity contribution in [3.05, 3.63) is 11.6 Å². The molecule has 0 saturated heterocycles. The lowest BCUT2D eigenvalue weighted by molar-refractivity contribution is -0.115. The van der Waals surface area contributed by atoms with E-state index in [9.17, 15) is 4.79 Å². The van der Waals surface area contributed by atoms with Crippen molar-refractivity contribution in [3.8, 4) is 0 Å². The maximum absolute atomic E-state index is 11.4. The summed E-state index contributed by atoms with van der Waals surface area (Å²) < 4.78 is 0. The van der Waals surface area contributed by atoms with E-state index in [-0.39, 0.29) is 0 Å². The van der Waals surface area contributed by atoms with Gasteiger partial charge >= 0.3 is 0 Å². The largest absolute Gasteiger partial charge is 0.295 e. The summed E-state index contributed by atoms with van der Waals surface area (Å²) in [4.78, 5) is 11.4. The minimum Gasteiger partial charge on any atom is -0.295 e. The summed E-state index contributed by atoms with van der Waals surface area (Å²) in [6.45, 7) is 9.36. The maximum Gasteiger partial charge on any atom is 0.155 e. The molecule has 0 aromatic carbocycles. The van der Waals surface area contributed by atoms with Gasteiger partial charge in [-0.25, -0.2) is 0 Å². The first-order valence-electron chi connectivity index (χ1n) is 7.75. The van der Waals surface area contributed by atoms with Crippen LogP contribution in [0.15, 0.2) is 11.6 Å². The average Bonchev–Trinajstić information content (AvgIpc) is 2.35. The van der Waals surface area contributed by atoms with E-state index in [4.69, 9.17) is 0 Å². The molecule has 0 aliphatic heterocycles. The molecule has 1 heteroatoms. The van der Waals surface area contributed by atoms with E-state index in [2.05, 4.69) is 27.7 Å². The Hall–Kier alpha value is -0.590. The highest BCUT2D eigenvalue weighted by Gasteiger charge is 2.15. The lowest BCUT2D eigenvalue weighted by atomic mass is 9.84. The Balaban J connectivity index is 2.29. The summed E-state index contributed by atoms with van der Waals surface area (Å²) in [7, 11) is 0. The zero-order valence-electron chi connectivity index (χ0n) is 12.7. The van der Waals surface area contributed by atoms with E-state index in [1.807, 2.05) is 6.08 Å². The van der Waals surface area contributed by atoms with Crippen LogP contribution in [0.5, 0.6) is 0 Å². The van der Waals surface area contributed by atoms with Crippen molar-refractivity contribution >= 4 is 5.78 Å². The van der Waals surface area contributed by atoms with Crippen LogP contribution in [0.3, 0.4) is 0 Å². The number of hydrogen-bond acceptors (Lipinski definition) is 1. The molecular weight excluding hydrogens is 220 g/mol. The van der Waals surface area contributed by atoms with Gasteiger partial charge in [0.25, 0.3) is 0 Å². The van der Waals surface area contributed by atoms with E-state index >= 15 is 0 Å². The minimum atomic E-state index is 0.344. The molecule has 0 radical (unpaired) electrons. The molecule has 0 amide bonds. The SMILES string of the molecule is CCC(C)C(C)CCC(C)CC1=CC(=O)CCC1. The van der Waals surface area contributed by atoms with Crippen LogP contribution in [-0.2, 0) is 4.79 Å². The van der Waals surface area contributed by atoms with E-state index in [1.54, 1.807) is 0 Å². The second kappa shape index (κ2) is 7.76. The number of hydrogen-bond donors (Lipinski definition) is 0. The molecule has 3 atom stereocenters. The fourth-order valence-corrected chi connectivity index (χ4v) is 2.81. The van der Waals surface area contributed by atoms with Crippen molar-refractivity contribution < 1.29 is 4.79 Å². The molecule has 1 nitrogen and oxygen atoms in total. The van der Waals surface area contributed by atoms with Gasteiger partial charge in [0.2, 0.25) is 0 Å². The molecule has 0 heterocycles. The Morgan fingerprint density at radius 2 is 1.83 bits per heavy atom. The average molecular weight is 250 g/mol. The van der Waals surface area contributed by atoms with Gasteiger partial charge in [0.1, 0.15) is 0 Å². The fraction of sp³-hybridized carbons (Fsp3) is 0.824. The molecule has 0 N–H and O–H groups in total. The minimum absolute atomic E-state index is 0.344. The van der Waals surface area contributed by atoms with Crippen LogP contribution in [-0.4, -0.2) is 5.78 Å². The highest BCUT2D eigenvalue weighted by atomic mass is 16.1. The van der Waals surface area contributed by atoms with Crippen molar-refractivity contribution in [1.29, 1.82) is 0 Å². The number of ketones is 1. The Morgan fingerprint density at radius 3 is 2.44 bits per heavy atom. The predicted octanol–water partition coefficient (Wildman–Crippen LogP) is 5.15. The van der Waals surface area contributed by atoms with E-state index < -0.39 is 0 Å². The van der Waals surface area contributed by atoms with Gasteiger partial charge in [0.15, 0.2) is 5.78 Å². The molecule has 0 spiro atoms. The standard InChI is InChI=1S/C17H30O/c1-5-14(3)15(4)10-9-13(2)11-16-7-6-8-17(18)12-16/h12-15H,5-11H2,1-4H3. The quantitative estimate of drug-likeness (QED) is 0.610. The van der Waals surface area contributed by atoms with Crippen LogP contribution in [0.25, 0.3) is 0 Å². The second-order valence-electron chi connectivity index (χ2n) is 6.37. The third-order valence-electron chi connectivity index (χ3n) is 4.63. The van der Waals surface area contributed by atoms with E-state index in [0.717, 1.165) is 43.4 Å². The Labute approximate surface area is 113 Å². The van der Waals surface area contributed by atoms with Gasteiger partial charge in [-0.05, 0) is 43.1 Å². The summed E-state index contributed by atoms with van der Waals surface area (Å²) >= 11 is 0. The maximum atomic E-state index is 11.4. The lowest BCUT2D eigenvalue weighted by Gasteiger charge is -2.21. The van der Waals surface area contributed by atoms with Gasteiger partial charge in [-0.2, -0.15) is 0 Å². The van der Waals surface area contributed by atoms with Crippen LogP contribution < -0.4 is 0 Å². The molecule has 104 valence electrons. The summed E-state index contributed by atoms with van der Waals surface area (Å²) in [5, 5.41) is 0. The van der Waals surface area contributed by atoms with Crippen LogP contribution in [0.1, 0.15) is 72.6 Å². The first-order valence-corrected chi connectivity index (χ1v) is 7.75. The summed E-state index contributed by atoms with van der Waals surface area (Å²) in [6, 6.07) is 0. The molecule has 0 aromatic rings. The number of carbonyl (C=O) groups excluding carboxylic acids is 1. The Morgan fingerprint density at radius 1 is 1.11 bits per heavy atom. The van der Waals surface area contributed by atoms with Crippen molar-refractivity contribution in [3.63, 3.8) is 0 Å². The van der Waals surface area contributed by atoms with Gasteiger partial charge in [-0.3, -0.25) is 4.79 Å². The van der Waals surface area contributed by atoms with Crippen molar-refractivity contribution in [2.45, 2.75) is 72.6 Å². The lowest BCUT2D eigenvalue weighted by Crippen LogP contribution is -2.10. The van der Waals surface area contributed by atoms with Crippen molar-refractivity contribution in [1.82, 2.24) is 0 Å². The van der Waals surface area contributed by atoms with Crippen LogP contribution in [0, 0.1) is 17.8 Å². The fourth-order valence-electron chi connectivity index (χ4n) is 2.81. The molecule has 1 aliphatic carbocycles. The van der Waals surface area contributed by atoms with Crippen molar-refractivity contribution in [2.75, 3.05) is 0 Å². The summed E-state index contributed by atoms with van der Waals surface area (Å²) in [5.41, 5.74) is 1.40. The van der Waals surface area contributed by atoms with E-state index in [0.29, 0.717) is 5.78 Å². The van der Waals surface area contributed by atoms with Crippen LogP contribution in [0.4, 0.5) is 0 Å². The summed E-state index contributed by atoms with van der Waals surface area (Å²) in [6.07, 6.45) is 9.96. The smallest absolute Gasteiger partial charge is 0.155 e. The molecule has 18 heavy (non-hydrogen) atoms. The molecule has 0 saturated carbocycles. The van der Waals surface area contributed by atoms with E-state index in [1.165, 1.54) is 24.8 Å². The summed E-state index contributed by atoms with van der Waals surface area (Å²) in [5.74, 6) is 2.75. The zero-order valence-corrected chi connectivity index (χ0v) is 12.7. The van der Waals surface area contributed by atoms with Crippen molar-refractivity contribution in [2.24, 2.45) is 17.8 Å². The molecule has 0 bridgehead atoms. The van der Waals surface area contributed by atoms with Gasteiger partial charge < -0.3 is 0 Å². The van der Waals surface area contributed by atoms with Gasteiger partial charge in [-0.1, -0.05) is 52.5 Å². The molecule has 3 unspecified atom stereocenters. The first kappa shape index (κ1) is 15.5. The Kier molecular flexibility index (Phi) is 6.67. The number of allylic oxidation sites excluding steroid dienone is 2. The topological polar surface area (TPSA) is 17.1 Å². The zero-order chi connectivity index (χ0) is 13.5. The number of carbonyl (C=O) groups is 1. The van der Waals surface area contributed by atoms with Crippen LogP contribution >= 0.6 is 0 Å². The first-order chi connectivity index (χ1) is 8.52. The second-order valence-corrected chi connectivity index (χ2v) is 6.37. The predicted molar refractivity (Wildman–Crippen MR) is 78.6 cm³/mol. The molecule has 0 fully saturated rings. The Bertz CT molecular complexity index is 290. The third kappa shape index (κ3) is 5.37. The highest BCUT2D eigenvalue weighted by Crippen LogP contribution is 2.27. The molecular formula is C17H30O. The highest BCUT2D eigenvalue weighted by molar-refractivity contribution is 5.91. The van der Waals surface area contributed by atoms with Gasteiger partial charge in [-0.15, -0.1) is 0 Å². The van der Waals surface area contributed by atoms with Gasteiger partial charge in [0, 0.05) is 6.42 Å². The molecule has 1 rings (SSSR count). The molecule has 0 aromatic heterocycles. The van der Waals surface area contributed by atoms with Crippen LogP contribution in [0.2, 0.25) is 0 Å². The monoisotopic (exact) mass is 250 g/mol. The number of rotatable bonds is 7. The third-order valence-corrected chi connectivity index (χ3v) is 4.63. The normalized spacial score (nSPS) is 21.3.